The molecule has 140 valence electrons. The van der Waals surface area contributed by atoms with Crippen molar-refractivity contribution in [3.05, 3.63) is 0 Å². The number of ether oxygens (including phenoxy) is 2. The lowest BCUT2D eigenvalue weighted by Gasteiger charge is -2.33. The molecule has 1 aliphatic carbocycles. The van der Waals surface area contributed by atoms with Gasteiger partial charge in [0.2, 0.25) is 0 Å². The Hall–Kier alpha value is -1.50. The molecule has 3 atom stereocenters. The second-order valence-corrected chi connectivity index (χ2v) is 6.49. The summed E-state index contributed by atoms with van der Waals surface area (Å²) >= 11 is 0. The Morgan fingerprint density at radius 3 is 2.17 bits per heavy atom. The average molecular weight is 383 g/mol. The molecule has 24 heavy (non-hydrogen) atoms. The summed E-state index contributed by atoms with van der Waals surface area (Å²) in [4.78, 5) is 22.1. The fourth-order valence-electron chi connectivity index (χ4n) is 2.26. The predicted molar refractivity (Wildman–Crippen MR) is 63.5 cm³/mol. The maximum atomic E-state index is 13.3. The molecule has 0 aliphatic heterocycles. The van der Waals surface area contributed by atoms with Gasteiger partial charge in [-0.05, 0) is 19.3 Å². The summed E-state index contributed by atoms with van der Waals surface area (Å²) in [6.07, 6.45) is -10.9. The van der Waals surface area contributed by atoms with Crippen LogP contribution in [0, 0.1) is 5.92 Å². The van der Waals surface area contributed by atoms with Crippen molar-refractivity contribution in [3.8, 4) is 0 Å². The fraction of sp³-hybridized carbons (Fsp3) is 0.818. The summed E-state index contributed by atoms with van der Waals surface area (Å²) in [7, 11) is -6.75. The van der Waals surface area contributed by atoms with Crippen LogP contribution in [0.1, 0.15) is 25.7 Å². The highest BCUT2D eigenvalue weighted by molar-refractivity contribution is 7.86. The topological polar surface area (TPSA) is 110 Å². The number of alkyl halides is 5. The zero-order valence-corrected chi connectivity index (χ0v) is 12.6. The first kappa shape index (κ1) is 20.5. The SMILES string of the molecule is O=COC1CCCCC1C(=O)OC(C(F)(F)F)C(F)(F)S(=O)(=O)[O-]. The molecule has 0 radical (unpaired) electrons. The third-order valence-electron chi connectivity index (χ3n) is 3.41. The zero-order valence-electron chi connectivity index (χ0n) is 11.8. The van der Waals surface area contributed by atoms with E-state index in [4.69, 9.17) is 0 Å². The van der Waals surface area contributed by atoms with Gasteiger partial charge >= 0.3 is 17.4 Å². The zero-order chi connectivity index (χ0) is 18.8. The van der Waals surface area contributed by atoms with Crippen LogP contribution < -0.4 is 0 Å². The Morgan fingerprint density at radius 2 is 1.71 bits per heavy atom. The van der Waals surface area contributed by atoms with Gasteiger partial charge in [0, 0.05) is 0 Å². The molecule has 1 saturated carbocycles. The highest BCUT2D eigenvalue weighted by Gasteiger charge is 2.63. The lowest BCUT2D eigenvalue weighted by Crippen LogP contribution is -2.53. The van der Waals surface area contributed by atoms with E-state index in [1.807, 2.05) is 0 Å². The van der Waals surface area contributed by atoms with E-state index in [1.54, 1.807) is 0 Å². The highest BCUT2D eigenvalue weighted by atomic mass is 32.2. The van der Waals surface area contributed by atoms with Gasteiger partial charge in [-0.25, -0.2) is 8.42 Å². The van der Waals surface area contributed by atoms with Crippen LogP contribution in [0.5, 0.6) is 0 Å². The van der Waals surface area contributed by atoms with E-state index in [0.717, 1.165) is 0 Å². The molecule has 1 rings (SSSR count). The molecule has 0 spiro atoms. The smallest absolute Gasteiger partial charge is 0.432 e. The Kier molecular flexibility index (Phi) is 6.14. The number of carbonyl (C=O) groups excluding carboxylic acids is 2. The number of hydrogen-bond acceptors (Lipinski definition) is 7. The van der Waals surface area contributed by atoms with E-state index >= 15 is 0 Å². The lowest BCUT2D eigenvalue weighted by atomic mass is 9.86. The maximum absolute atomic E-state index is 13.3. The molecule has 0 heterocycles. The minimum absolute atomic E-state index is 0.0613. The number of carbonyl (C=O) groups is 2. The third kappa shape index (κ3) is 4.53. The first-order chi connectivity index (χ1) is 10.8. The largest absolute Gasteiger partial charge is 0.743 e. The Bertz CT molecular complexity index is 574. The van der Waals surface area contributed by atoms with Crippen molar-refractivity contribution < 1.29 is 54.0 Å². The van der Waals surface area contributed by atoms with Crippen LogP contribution in [-0.2, 0) is 29.2 Å². The van der Waals surface area contributed by atoms with Crippen molar-refractivity contribution in [3.63, 3.8) is 0 Å². The molecule has 0 saturated heterocycles. The minimum Gasteiger partial charge on any atom is -0.743 e. The first-order valence-corrected chi connectivity index (χ1v) is 7.92. The van der Waals surface area contributed by atoms with Gasteiger partial charge < -0.3 is 14.0 Å². The Balaban J connectivity index is 3.06. The molecule has 1 fully saturated rings. The maximum Gasteiger partial charge on any atom is 0.432 e. The van der Waals surface area contributed by atoms with E-state index in [9.17, 15) is 44.5 Å². The summed E-state index contributed by atoms with van der Waals surface area (Å²) in [5.41, 5.74) is 0. The van der Waals surface area contributed by atoms with E-state index in [-0.39, 0.29) is 19.3 Å². The van der Waals surface area contributed by atoms with Crippen molar-refractivity contribution in [2.24, 2.45) is 5.92 Å². The second kappa shape index (κ2) is 7.17. The van der Waals surface area contributed by atoms with E-state index < -0.39 is 45.6 Å². The average Bonchev–Trinajstić information content (AvgIpc) is 2.42. The number of hydrogen-bond donors (Lipinski definition) is 0. The van der Waals surface area contributed by atoms with Crippen LogP contribution in [0.2, 0.25) is 0 Å². The lowest BCUT2D eigenvalue weighted by molar-refractivity contribution is -0.262. The first-order valence-electron chi connectivity index (χ1n) is 6.52. The van der Waals surface area contributed by atoms with Gasteiger partial charge in [0.05, 0.1) is 5.92 Å². The van der Waals surface area contributed by atoms with Gasteiger partial charge in [-0.1, -0.05) is 6.42 Å². The predicted octanol–water partition coefficient (Wildman–Crippen LogP) is 1.33. The Morgan fingerprint density at radius 1 is 1.17 bits per heavy atom. The molecule has 13 heteroatoms. The number of esters is 1. The summed E-state index contributed by atoms with van der Waals surface area (Å²) in [6.45, 7) is -0.0613. The molecule has 0 N–H and O–H groups in total. The summed E-state index contributed by atoms with van der Waals surface area (Å²) < 4.78 is 104. The van der Waals surface area contributed by atoms with Gasteiger partial charge in [-0.2, -0.15) is 22.0 Å². The minimum atomic E-state index is -6.75. The quantitative estimate of drug-likeness (QED) is 0.295. The van der Waals surface area contributed by atoms with Crippen LogP contribution in [0.4, 0.5) is 22.0 Å². The summed E-state index contributed by atoms with van der Waals surface area (Å²) in [5, 5.41) is -5.91. The third-order valence-corrected chi connectivity index (χ3v) is 4.29. The van der Waals surface area contributed by atoms with Gasteiger partial charge in [0.25, 0.3) is 12.6 Å². The molecule has 3 unspecified atom stereocenters. The van der Waals surface area contributed by atoms with Gasteiger partial charge in [0.1, 0.15) is 6.10 Å². The van der Waals surface area contributed by atoms with Crippen molar-refractivity contribution in [2.45, 2.75) is 49.3 Å². The molecule has 0 amide bonds. The second-order valence-electron chi connectivity index (χ2n) is 5.04. The van der Waals surface area contributed by atoms with Crippen LogP contribution in [0.3, 0.4) is 0 Å². The standard InChI is InChI=1S/C11H13F5O7S/c12-10(13,14)9(11(15,16)24(19,20)21)23-8(18)6-3-1-2-4-7(6)22-5-17/h5-7,9H,1-4H2,(H,19,20,21)/p-1. The van der Waals surface area contributed by atoms with Gasteiger partial charge in [-0.3, -0.25) is 9.59 Å². The highest BCUT2D eigenvalue weighted by Crippen LogP contribution is 2.39. The van der Waals surface area contributed by atoms with Crippen molar-refractivity contribution in [1.29, 1.82) is 0 Å². The van der Waals surface area contributed by atoms with Crippen LogP contribution in [0.15, 0.2) is 0 Å². The van der Waals surface area contributed by atoms with Crippen molar-refractivity contribution in [1.82, 2.24) is 0 Å². The molecule has 0 aromatic carbocycles. The van der Waals surface area contributed by atoms with Crippen molar-refractivity contribution in [2.75, 3.05) is 0 Å². The molecule has 0 aromatic rings. The van der Waals surface area contributed by atoms with E-state index in [0.29, 0.717) is 12.8 Å². The van der Waals surface area contributed by atoms with Crippen molar-refractivity contribution >= 4 is 22.6 Å². The van der Waals surface area contributed by atoms with Crippen LogP contribution >= 0.6 is 0 Å². The normalized spacial score (nSPS) is 24.1. The fourth-order valence-corrected chi connectivity index (χ4v) is 2.71. The molecule has 0 bridgehead atoms. The van der Waals surface area contributed by atoms with E-state index in [2.05, 4.69) is 9.47 Å². The molecular weight excluding hydrogens is 371 g/mol. The Labute approximate surface area is 132 Å². The molecule has 1 aliphatic rings. The van der Waals surface area contributed by atoms with Gasteiger partial charge in [0.15, 0.2) is 10.1 Å². The molecule has 0 aromatic heterocycles. The molecular formula is C11H12F5O7S-. The van der Waals surface area contributed by atoms with Gasteiger partial charge in [-0.15, -0.1) is 0 Å². The van der Waals surface area contributed by atoms with Crippen LogP contribution in [0.25, 0.3) is 0 Å². The summed E-state index contributed by atoms with van der Waals surface area (Å²) in [6, 6.07) is 0. The molecule has 7 nitrogen and oxygen atoms in total. The summed E-state index contributed by atoms with van der Waals surface area (Å²) in [5.74, 6) is -3.30. The number of rotatable bonds is 6. The van der Waals surface area contributed by atoms with Crippen LogP contribution in [-0.4, -0.2) is 49.1 Å². The monoisotopic (exact) mass is 383 g/mol. The van der Waals surface area contributed by atoms with E-state index in [1.165, 1.54) is 0 Å². The number of halogens is 5.